The molecule has 0 spiro atoms. The summed E-state index contributed by atoms with van der Waals surface area (Å²) < 4.78 is 1.71. The van der Waals surface area contributed by atoms with E-state index in [2.05, 4.69) is 30.2 Å². The van der Waals surface area contributed by atoms with Gasteiger partial charge in [-0.05, 0) is 24.0 Å². The van der Waals surface area contributed by atoms with Crippen LogP contribution in [0.5, 0.6) is 0 Å². The van der Waals surface area contributed by atoms with Crippen LogP contribution in [-0.4, -0.2) is 9.78 Å². The summed E-state index contributed by atoms with van der Waals surface area (Å²) >= 11 is 6.25. The highest BCUT2D eigenvalue weighted by atomic mass is 35.5. The molecule has 1 heterocycles. The van der Waals surface area contributed by atoms with Crippen molar-refractivity contribution in [1.29, 1.82) is 5.26 Å². The van der Waals surface area contributed by atoms with E-state index in [0.29, 0.717) is 17.3 Å². The van der Waals surface area contributed by atoms with Crippen LogP contribution in [0.15, 0.2) is 24.3 Å². The van der Waals surface area contributed by atoms with E-state index in [1.165, 1.54) is 5.56 Å². The lowest BCUT2D eigenvalue weighted by atomic mass is 10.1. The predicted molar refractivity (Wildman–Crippen MR) is 76.3 cm³/mol. The van der Waals surface area contributed by atoms with Crippen LogP contribution in [0.2, 0.25) is 5.15 Å². The molecule has 0 amide bonds. The highest BCUT2D eigenvalue weighted by Crippen LogP contribution is 2.26. The summed E-state index contributed by atoms with van der Waals surface area (Å²) in [4.78, 5) is 0. The fourth-order valence-electron chi connectivity index (χ4n) is 2.02. The minimum absolute atomic E-state index is 0.185. The first kappa shape index (κ1) is 13.6. The van der Waals surface area contributed by atoms with Gasteiger partial charge in [0.15, 0.2) is 0 Å². The molecule has 0 unspecified atom stereocenters. The largest absolute Gasteiger partial charge is 0.248 e. The van der Waals surface area contributed by atoms with Crippen molar-refractivity contribution in [2.75, 3.05) is 0 Å². The number of aromatic nitrogens is 2. The van der Waals surface area contributed by atoms with Gasteiger partial charge in [-0.15, -0.1) is 0 Å². The van der Waals surface area contributed by atoms with Crippen molar-refractivity contribution in [3.63, 3.8) is 0 Å². The van der Waals surface area contributed by atoms with E-state index >= 15 is 0 Å². The molecule has 2 aromatic rings. The maximum Gasteiger partial charge on any atom is 0.145 e. The van der Waals surface area contributed by atoms with Crippen LogP contribution < -0.4 is 0 Å². The van der Waals surface area contributed by atoms with E-state index in [0.717, 1.165) is 11.3 Å². The smallest absolute Gasteiger partial charge is 0.145 e. The highest BCUT2D eigenvalue weighted by molar-refractivity contribution is 6.30. The van der Waals surface area contributed by atoms with Gasteiger partial charge in [0.25, 0.3) is 0 Å². The molecule has 1 aromatic carbocycles. The van der Waals surface area contributed by atoms with Gasteiger partial charge in [0, 0.05) is 0 Å². The van der Waals surface area contributed by atoms with E-state index in [-0.39, 0.29) is 5.92 Å². The quantitative estimate of drug-likeness (QED) is 0.851. The summed E-state index contributed by atoms with van der Waals surface area (Å²) in [6.07, 6.45) is 0. The molecule has 98 valence electrons. The Bertz CT molecular complexity index is 635. The number of nitrogens with zero attached hydrogens (tertiary/aromatic N) is 3. The van der Waals surface area contributed by atoms with Gasteiger partial charge in [-0.2, -0.15) is 10.4 Å². The van der Waals surface area contributed by atoms with Crippen LogP contribution >= 0.6 is 11.6 Å². The van der Waals surface area contributed by atoms with Gasteiger partial charge >= 0.3 is 0 Å². The van der Waals surface area contributed by atoms with E-state index in [4.69, 9.17) is 11.6 Å². The average molecular weight is 274 g/mol. The molecule has 3 nitrogen and oxygen atoms in total. The predicted octanol–water partition coefficient (Wildman–Crippen LogP) is 3.89. The van der Waals surface area contributed by atoms with Gasteiger partial charge in [0.2, 0.25) is 0 Å². The summed E-state index contributed by atoms with van der Waals surface area (Å²) in [5.41, 5.74) is 3.61. The van der Waals surface area contributed by atoms with Crippen molar-refractivity contribution >= 4 is 11.6 Å². The number of benzene rings is 1. The fourth-order valence-corrected chi connectivity index (χ4v) is 2.26. The molecule has 0 bridgehead atoms. The summed E-state index contributed by atoms with van der Waals surface area (Å²) in [5, 5.41) is 14.1. The molecule has 0 atom stereocenters. The molecule has 0 saturated carbocycles. The summed E-state index contributed by atoms with van der Waals surface area (Å²) in [5.74, 6) is 0.185. The number of aryl methyl sites for hydroxylation is 1. The number of hydrogen-bond acceptors (Lipinski definition) is 2. The topological polar surface area (TPSA) is 41.6 Å². The highest BCUT2D eigenvalue weighted by Gasteiger charge is 2.18. The van der Waals surface area contributed by atoms with Crippen molar-refractivity contribution in [1.82, 2.24) is 9.78 Å². The van der Waals surface area contributed by atoms with Crippen molar-refractivity contribution in [2.24, 2.45) is 0 Å². The van der Waals surface area contributed by atoms with E-state index < -0.39 is 0 Å². The molecular weight excluding hydrogens is 258 g/mol. The third kappa shape index (κ3) is 2.64. The average Bonchev–Trinajstić information content (AvgIpc) is 2.69. The van der Waals surface area contributed by atoms with Crippen molar-refractivity contribution in [3.8, 4) is 6.07 Å². The fraction of sp³-hybridized carbons (Fsp3) is 0.333. The molecular formula is C15H16ClN3. The van der Waals surface area contributed by atoms with Crippen LogP contribution in [-0.2, 0) is 6.54 Å². The molecule has 0 N–H and O–H groups in total. The lowest BCUT2D eigenvalue weighted by Gasteiger charge is -2.06. The molecule has 0 radical (unpaired) electrons. The van der Waals surface area contributed by atoms with Gasteiger partial charge in [0.05, 0.1) is 12.2 Å². The van der Waals surface area contributed by atoms with Crippen LogP contribution in [0.1, 0.15) is 42.1 Å². The molecule has 0 aliphatic rings. The summed E-state index contributed by atoms with van der Waals surface area (Å²) in [6, 6.07) is 10.3. The Morgan fingerprint density at radius 3 is 2.58 bits per heavy atom. The Labute approximate surface area is 118 Å². The van der Waals surface area contributed by atoms with Crippen molar-refractivity contribution in [2.45, 2.75) is 33.2 Å². The van der Waals surface area contributed by atoms with E-state index in [1.54, 1.807) is 4.68 Å². The number of nitriles is 1. The Morgan fingerprint density at radius 1 is 1.37 bits per heavy atom. The molecule has 2 rings (SSSR count). The third-order valence-corrected chi connectivity index (χ3v) is 3.54. The first-order valence-corrected chi connectivity index (χ1v) is 6.63. The zero-order valence-corrected chi connectivity index (χ0v) is 12.1. The lowest BCUT2D eigenvalue weighted by molar-refractivity contribution is 0.656. The summed E-state index contributed by atoms with van der Waals surface area (Å²) in [6.45, 7) is 6.67. The van der Waals surface area contributed by atoms with Crippen molar-refractivity contribution in [3.05, 3.63) is 51.8 Å². The van der Waals surface area contributed by atoms with Crippen LogP contribution in [0, 0.1) is 18.3 Å². The van der Waals surface area contributed by atoms with E-state index in [1.807, 2.05) is 26.0 Å². The Balaban J connectivity index is 2.42. The minimum atomic E-state index is 0.185. The monoisotopic (exact) mass is 273 g/mol. The summed E-state index contributed by atoms with van der Waals surface area (Å²) in [7, 11) is 0. The minimum Gasteiger partial charge on any atom is -0.248 e. The number of rotatable bonds is 3. The maximum absolute atomic E-state index is 9.19. The van der Waals surface area contributed by atoms with Gasteiger partial charge in [-0.3, -0.25) is 0 Å². The van der Waals surface area contributed by atoms with Crippen molar-refractivity contribution < 1.29 is 0 Å². The Hall–Kier alpha value is -1.79. The molecule has 0 aliphatic carbocycles. The number of halogens is 1. The van der Waals surface area contributed by atoms with E-state index in [9.17, 15) is 5.26 Å². The second kappa shape index (κ2) is 5.46. The maximum atomic E-state index is 9.19. The second-order valence-electron chi connectivity index (χ2n) is 4.90. The molecule has 0 saturated heterocycles. The van der Waals surface area contributed by atoms with Crippen LogP contribution in [0.25, 0.3) is 0 Å². The third-order valence-electron chi connectivity index (χ3n) is 3.16. The first-order chi connectivity index (χ1) is 9.04. The first-order valence-electron chi connectivity index (χ1n) is 6.25. The molecule has 0 aliphatic heterocycles. The molecule has 4 heteroatoms. The second-order valence-corrected chi connectivity index (χ2v) is 5.26. The zero-order chi connectivity index (χ0) is 14.0. The van der Waals surface area contributed by atoms with Crippen LogP contribution in [0.3, 0.4) is 0 Å². The lowest BCUT2D eigenvalue weighted by Crippen LogP contribution is -2.04. The SMILES string of the molecule is Cc1ccccc1Cn1nc(C(C)C)c(C#N)c1Cl. The molecule has 1 aromatic heterocycles. The normalized spacial score (nSPS) is 10.7. The Morgan fingerprint density at radius 2 is 2.05 bits per heavy atom. The molecule has 19 heavy (non-hydrogen) atoms. The van der Waals surface area contributed by atoms with Crippen LogP contribution in [0.4, 0.5) is 0 Å². The van der Waals surface area contributed by atoms with Gasteiger partial charge in [-0.1, -0.05) is 49.7 Å². The standard InChI is InChI=1S/C15H16ClN3/c1-10(2)14-13(8-17)15(16)19(18-14)9-12-7-5-4-6-11(12)3/h4-7,10H,9H2,1-3H3. The Kier molecular flexibility index (Phi) is 3.92. The van der Waals surface area contributed by atoms with Gasteiger partial charge in [0.1, 0.15) is 16.8 Å². The van der Waals surface area contributed by atoms with Gasteiger partial charge in [-0.25, -0.2) is 4.68 Å². The number of hydrogen-bond donors (Lipinski definition) is 0. The molecule has 0 fully saturated rings. The zero-order valence-electron chi connectivity index (χ0n) is 11.3. The van der Waals surface area contributed by atoms with Gasteiger partial charge < -0.3 is 0 Å².